The number of hydrogen-bond acceptors (Lipinski definition) is 5. The molecule has 1 aliphatic rings. The highest BCUT2D eigenvalue weighted by atomic mass is 32.2. The highest BCUT2D eigenvalue weighted by Crippen LogP contribution is 2.20. The summed E-state index contributed by atoms with van der Waals surface area (Å²) >= 11 is 1.63. The lowest BCUT2D eigenvalue weighted by atomic mass is 10.2. The van der Waals surface area contributed by atoms with Crippen LogP contribution in [0, 0.1) is 6.92 Å². The zero-order valence-corrected chi connectivity index (χ0v) is 14.0. The number of rotatable bonds is 6. The minimum atomic E-state index is -3.30. The summed E-state index contributed by atoms with van der Waals surface area (Å²) in [5, 5.41) is 5.92. The lowest BCUT2D eigenvalue weighted by molar-refractivity contribution is -0.124. The minimum absolute atomic E-state index is 0.187. The molecule has 1 amide bonds. The van der Waals surface area contributed by atoms with Gasteiger partial charge in [-0.3, -0.25) is 4.79 Å². The van der Waals surface area contributed by atoms with Gasteiger partial charge in [-0.1, -0.05) is 0 Å². The summed E-state index contributed by atoms with van der Waals surface area (Å²) in [6.45, 7) is 2.95. The van der Waals surface area contributed by atoms with Crippen LogP contribution in [0.1, 0.15) is 30.0 Å². The Kier molecular flexibility index (Phi) is 5.34. The Labute approximate surface area is 129 Å². The molecule has 6 nitrogen and oxygen atoms in total. The fourth-order valence-electron chi connectivity index (χ4n) is 2.49. The van der Waals surface area contributed by atoms with Gasteiger partial charge in [-0.15, -0.1) is 11.3 Å². The fraction of sp³-hybridized carbons (Fsp3) is 0.692. The van der Waals surface area contributed by atoms with Gasteiger partial charge >= 0.3 is 0 Å². The lowest BCUT2D eigenvalue weighted by Crippen LogP contribution is -2.45. The largest absolute Gasteiger partial charge is 0.355 e. The Bertz CT molecular complexity index is 598. The number of amides is 1. The van der Waals surface area contributed by atoms with Crippen LogP contribution in [0.4, 0.5) is 0 Å². The fourth-order valence-corrected chi connectivity index (χ4v) is 4.43. The van der Waals surface area contributed by atoms with Crippen LogP contribution in [0.25, 0.3) is 0 Å². The number of thiazole rings is 1. The van der Waals surface area contributed by atoms with Gasteiger partial charge in [0, 0.05) is 30.6 Å². The van der Waals surface area contributed by atoms with Crippen molar-refractivity contribution < 1.29 is 13.2 Å². The number of carbonyl (C=O) groups is 1. The van der Waals surface area contributed by atoms with Crippen molar-refractivity contribution in [1.29, 1.82) is 0 Å². The molecule has 1 aliphatic heterocycles. The quantitative estimate of drug-likeness (QED) is 0.786. The summed E-state index contributed by atoms with van der Waals surface area (Å²) in [5.41, 5.74) is 1.02. The number of hydrogen-bond donors (Lipinski definition) is 1. The molecule has 0 aliphatic carbocycles. The van der Waals surface area contributed by atoms with Crippen molar-refractivity contribution in [3.8, 4) is 0 Å². The van der Waals surface area contributed by atoms with Crippen molar-refractivity contribution in [2.24, 2.45) is 0 Å². The third kappa shape index (κ3) is 4.49. The van der Waals surface area contributed by atoms with E-state index in [0.717, 1.165) is 36.2 Å². The maximum absolute atomic E-state index is 12.1. The third-order valence-corrected chi connectivity index (χ3v) is 5.78. The maximum Gasteiger partial charge on any atom is 0.238 e. The molecule has 21 heavy (non-hydrogen) atoms. The third-order valence-electron chi connectivity index (χ3n) is 3.47. The number of nitrogens with one attached hydrogen (secondary N) is 1. The van der Waals surface area contributed by atoms with Gasteiger partial charge in [-0.2, -0.15) is 4.31 Å². The van der Waals surface area contributed by atoms with Crippen LogP contribution in [0.5, 0.6) is 0 Å². The summed E-state index contributed by atoms with van der Waals surface area (Å²) in [6.07, 6.45) is 4.14. The molecule has 2 heterocycles. The zero-order chi connectivity index (χ0) is 15.5. The first-order valence-electron chi connectivity index (χ1n) is 7.03. The molecule has 8 heteroatoms. The average Bonchev–Trinajstić information content (AvgIpc) is 3.02. The van der Waals surface area contributed by atoms with E-state index in [4.69, 9.17) is 0 Å². The van der Waals surface area contributed by atoms with Crippen LogP contribution in [-0.2, 0) is 21.2 Å². The molecule has 1 atom stereocenters. The first-order valence-corrected chi connectivity index (χ1v) is 9.76. The molecule has 0 aromatic carbocycles. The van der Waals surface area contributed by atoms with E-state index in [2.05, 4.69) is 10.3 Å². The first-order chi connectivity index (χ1) is 9.88. The summed E-state index contributed by atoms with van der Waals surface area (Å²) in [4.78, 5) is 16.5. The number of sulfonamides is 1. The summed E-state index contributed by atoms with van der Waals surface area (Å²) in [6, 6.07) is -0.540. The first kappa shape index (κ1) is 16.4. The van der Waals surface area contributed by atoms with Gasteiger partial charge in [0.15, 0.2) is 0 Å². The molecular formula is C13H21N3O3S2. The van der Waals surface area contributed by atoms with E-state index >= 15 is 0 Å². The SMILES string of the molecule is Cc1csc(CCCNC(=O)C2CCCN2S(C)(=O)=O)n1. The zero-order valence-electron chi connectivity index (χ0n) is 12.3. The van der Waals surface area contributed by atoms with Crippen LogP contribution < -0.4 is 5.32 Å². The van der Waals surface area contributed by atoms with Gasteiger partial charge in [0.25, 0.3) is 0 Å². The van der Waals surface area contributed by atoms with Crippen molar-refractivity contribution in [3.63, 3.8) is 0 Å². The molecule has 0 saturated carbocycles. The molecule has 0 spiro atoms. The normalized spacial score (nSPS) is 19.8. The highest BCUT2D eigenvalue weighted by molar-refractivity contribution is 7.88. The Balaban J connectivity index is 1.76. The van der Waals surface area contributed by atoms with Gasteiger partial charge < -0.3 is 5.32 Å². The highest BCUT2D eigenvalue weighted by Gasteiger charge is 2.36. The predicted octanol–water partition coefficient (Wildman–Crippen LogP) is 0.924. The molecule has 1 aromatic heterocycles. The number of nitrogens with zero attached hydrogens (tertiary/aromatic N) is 2. The summed E-state index contributed by atoms with van der Waals surface area (Å²) in [5.74, 6) is -0.187. The standard InChI is InChI=1S/C13H21N3O3S2/c1-10-9-20-12(15-10)6-3-7-14-13(17)11-5-4-8-16(11)21(2,18)19/h9,11H,3-8H2,1-2H3,(H,14,17). The van der Waals surface area contributed by atoms with Crippen LogP contribution in [0.3, 0.4) is 0 Å². The summed E-state index contributed by atoms with van der Waals surface area (Å²) < 4.78 is 24.5. The Morgan fingerprint density at radius 2 is 2.33 bits per heavy atom. The number of carbonyl (C=O) groups excluding carboxylic acids is 1. The van der Waals surface area contributed by atoms with Crippen LogP contribution >= 0.6 is 11.3 Å². The minimum Gasteiger partial charge on any atom is -0.355 e. The second kappa shape index (κ2) is 6.85. The monoisotopic (exact) mass is 331 g/mol. The average molecular weight is 331 g/mol. The second-order valence-corrected chi connectivity index (χ2v) is 8.19. The summed E-state index contributed by atoms with van der Waals surface area (Å²) in [7, 11) is -3.30. The van der Waals surface area contributed by atoms with E-state index in [-0.39, 0.29) is 5.91 Å². The molecule has 1 fully saturated rings. The maximum atomic E-state index is 12.1. The van der Waals surface area contributed by atoms with Crippen molar-refractivity contribution in [2.75, 3.05) is 19.3 Å². The van der Waals surface area contributed by atoms with E-state index in [0.29, 0.717) is 19.5 Å². The van der Waals surface area contributed by atoms with Gasteiger partial charge in [0.2, 0.25) is 15.9 Å². The molecule has 2 rings (SSSR count). The second-order valence-electron chi connectivity index (χ2n) is 5.31. The van der Waals surface area contributed by atoms with E-state index in [1.54, 1.807) is 11.3 Å². The van der Waals surface area contributed by atoms with Gasteiger partial charge in [0.05, 0.1) is 11.3 Å². The van der Waals surface area contributed by atoms with Gasteiger partial charge in [0.1, 0.15) is 6.04 Å². The topological polar surface area (TPSA) is 79.4 Å². The Morgan fingerprint density at radius 3 is 2.95 bits per heavy atom. The van der Waals surface area contributed by atoms with E-state index < -0.39 is 16.1 Å². The molecule has 118 valence electrons. The number of aryl methyl sites for hydroxylation is 2. The molecule has 0 bridgehead atoms. The predicted molar refractivity (Wildman–Crippen MR) is 82.8 cm³/mol. The molecule has 0 radical (unpaired) electrons. The molecule has 1 N–H and O–H groups in total. The Hall–Kier alpha value is -0.990. The van der Waals surface area contributed by atoms with Crippen LogP contribution in [-0.4, -0.2) is 49.0 Å². The van der Waals surface area contributed by atoms with E-state index in [1.807, 2.05) is 12.3 Å². The lowest BCUT2D eigenvalue weighted by Gasteiger charge is -2.21. The van der Waals surface area contributed by atoms with E-state index in [9.17, 15) is 13.2 Å². The van der Waals surface area contributed by atoms with Gasteiger partial charge in [-0.05, 0) is 26.2 Å². The van der Waals surface area contributed by atoms with Crippen molar-refractivity contribution >= 4 is 27.3 Å². The van der Waals surface area contributed by atoms with Crippen molar-refractivity contribution in [2.45, 2.75) is 38.6 Å². The molecule has 1 aromatic rings. The van der Waals surface area contributed by atoms with Crippen LogP contribution in [0.2, 0.25) is 0 Å². The van der Waals surface area contributed by atoms with Gasteiger partial charge in [-0.25, -0.2) is 13.4 Å². The number of aromatic nitrogens is 1. The van der Waals surface area contributed by atoms with Crippen LogP contribution in [0.15, 0.2) is 5.38 Å². The smallest absolute Gasteiger partial charge is 0.238 e. The molecule has 1 saturated heterocycles. The Morgan fingerprint density at radius 1 is 1.57 bits per heavy atom. The van der Waals surface area contributed by atoms with E-state index in [1.165, 1.54) is 4.31 Å². The van der Waals surface area contributed by atoms with Crippen molar-refractivity contribution in [1.82, 2.24) is 14.6 Å². The van der Waals surface area contributed by atoms with Crippen molar-refractivity contribution in [3.05, 3.63) is 16.1 Å². The molecule has 1 unspecified atom stereocenters. The molecular weight excluding hydrogens is 310 g/mol.